The molecule has 0 spiro atoms. The first-order valence-electron chi connectivity index (χ1n) is 8.92. The van der Waals surface area contributed by atoms with Gasteiger partial charge in [0, 0.05) is 23.1 Å². The Labute approximate surface area is 166 Å². The molecule has 0 aliphatic rings. The van der Waals surface area contributed by atoms with E-state index in [0.717, 1.165) is 5.56 Å². The van der Waals surface area contributed by atoms with E-state index in [2.05, 4.69) is 29.3 Å². The largest absolute Gasteiger partial charge is 0.456 e. The van der Waals surface area contributed by atoms with Gasteiger partial charge in [-0.05, 0) is 35.1 Å². The predicted octanol–water partition coefficient (Wildman–Crippen LogP) is 4.04. The third kappa shape index (κ3) is 5.50. The first kappa shape index (κ1) is 19.8. The third-order valence-corrected chi connectivity index (χ3v) is 4.70. The van der Waals surface area contributed by atoms with Crippen LogP contribution in [0.25, 0.3) is 11.4 Å². The quantitative estimate of drug-likeness (QED) is 0.575. The SMILES string of the molecule is CC(C)c1ccc(NC(=O)COC(=O)CCc2nc(-c3ccsc3)no2)cc1. The van der Waals surface area contributed by atoms with Crippen LogP contribution in [-0.2, 0) is 20.7 Å². The number of nitrogens with zero attached hydrogens (tertiary/aromatic N) is 2. The lowest BCUT2D eigenvalue weighted by molar-refractivity contribution is -0.147. The molecule has 1 aromatic carbocycles. The summed E-state index contributed by atoms with van der Waals surface area (Å²) in [6, 6.07) is 9.47. The number of benzene rings is 1. The molecule has 0 aliphatic carbocycles. The van der Waals surface area contributed by atoms with Crippen molar-refractivity contribution < 1.29 is 18.8 Å². The number of hydrogen-bond donors (Lipinski definition) is 1. The van der Waals surface area contributed by atoms with Gasteiger partial charge in [-0.2, -0.15) is 16.3 Å². The highest BCUT2D eigenvalue weighted by Crippen LogP contribution is 2.19. The average Bonchev–Trinajstić information content (AvgIpc) is 3.36. The number of hydrogen-bond acceptors (Lipinski definition) is 7. The van der Waals surface area contributed by atoms with E-state index in [1.807, 2.05) is 41.1 Å². The molecule has 3 rings (SSSR count). The molecule has 1 amide bonds. The van der Waals surface area contributed by atoms with Gasteiger partial charge in [-0.15, -0.1) is 0 Å². The van der Waals surface area contributed by atoms with Crippen LogP contribution in [0.1, 0.15) is 37.6 Å². The number of carbonyl (C=O) groups is 2. The fourth-order valence-electron chi connectivity index (χ4n) is 2.44. The van der Waals surface area contributed by atoms with Crippen molar-refractivity contribution in [2.75, 3.05) is 11.9 Å². The van der Waals surface area contributed by atoms with Crippen LogP contribution in [0.5, 0.6) is 0 Å². The number of amides is 1. The molecule has 0 aliphatic heterocycles. The molecule has 2 aromatic heterocycles. The lowest BCUT2D eigenvalue weighted by atomic mass is 10.0. The Morgan fingerprint density at radius 1 is 1.21 bits per heavy atom. The van der Waals surface area contributed by atoms with Gasteiger partial charge in [0.1, 0.15) is 0 Å². The highest BCUT2D eigenvalue weighted by Gasteiger charge is 2.13. The molecule has 0 atom stereocenters. The number of anilines is 1. The lowest BCUT2D eigenvalue weighted by Crippen LogP contribution is -2.21. The number of rotatable bonds is 8. The Hall–Kier alpha value is -3.00. The zero-order chi connectivity index (χ0) is 19.9. The zero-order valence-electron chi connectivity index (χ0n) is 15.7. The van der Waals surface area contributed by atoms with Crippen LogP contribution in [0.3, 0.4) is 0 Å². The van der Waals surface area contributed by atoms with Gasteiger partial charge in [-0.1, -0.05) is 31.1 Å². The molecular formula is C20H21N3O4S. The molecule has 1 N–H and O–H groups in total. The maximum absolute atomic E-state index is 11.9. The minimum absolute atomic E-state index is 0.0572. The predicted molar refractivity (Wildman–Crippen MR) is 106 cm³/mol. The summed E-state index contributed by atoms with van der Waals surface area (Å²) in [7, 11) is 0. The van der Waals surface area contributed by atoms with Gasteiger partial charge < -0.3 is 14.6 Å². The average molecular weight is 399 g/mol. The molecule has 0 radical (unpaired) electrons. The van der Waals surface area contributed by atoms with Crippen LogP contribution in [0.2, 0.25) is 0 Å². The van der Waals surface area contributed by atoms with Gasteiger partial charge in [0.15, 0.2) is 6.61 Å². The Balaban J connectivity index is 1.39. The Morgan fingerprint density at radius 3 is 2.68 bits per heavy atom. The second-order valence-corrected chi connectivity index (χ2v) is 7.29. The topological polar surface area (TPSA) is 94.3 Å². The minimum Gasteiger partial charge on any atom is -0.456 e. The molecule has 28 heavy (non-hydrogen) atoms. The number of aromatic nitrogens is 2. The van der Waals surface area contributed by atoms with E-state index < -0.39 is 5.97 Å². The van der Waals surface area contributed by atoms with Crippen molar-refractivity contribution in [2.24, 2.45) is 0 Å². The molecule has 0 saturated carbocycles. The minimum atomic E-state index is -0.499. The molecule has 0 bridgehead atoms. The maximum atomic E-state index is 11.9. The van der Waals surface area contributed by atoms with Crippen molar-refractivity contribution in [1.82, 2.24) is 10.1 Å². The third-order valence-electron chi connectivity index (χ3n) is 4.02. The number of thiophene rings is 1. The molecule has 0 fully saturated rings. The first-order chi connectivity index (χ1) is 13.5. The Bertz CT molecular complexity index is 917. The fourth-order valence-corrected chi connectivity index (χ4v) is 3.08. The van der Waals surface area contributed by atoms with Crippen molar-refractivity contribution in [3.05, 3.63) is 52.5 Å². The van der Waals surface area contributed by atoms with Gasteiger partial charge in [0.25, 0.3) is 5.91 Å². The number of ether oxygens (including phenoxy) is 1. The normalized spacial score (nSPS) is 10.8. The highest BCUT2D eigenvalue weighted by atomic mass is 32.1. The van der Waals surface area contributed by atoms with Crippen LogP contribution in [-0.4, -0.2) is 28.6 Å². The second-order valence-electron chi connectivity index (χ2n) is 6.51. The highest BCUT2D eigenvalue weighted by molar-refractivity contribution is 7.08. The van der Waals surface area contributed by atoms with Crippen molar-refractivity contribution >= 4 is 28.9 Å². The molecule has 2 heterocycles. The van der Waals surface area contributed by atoms with Crippen molar-refractivity contribution in [3.63, 3.8) is 0 Å². The summed E-state index contributed by atoms with van der Waals surface area (Å²) in [4.78, 5) is 28.0. The van der Waals surface area contributed by atoms with Gasteiger partial charge in [-0.3, -0.25) is 9.59 Å². The molecule has 8 heteroatoms. The number of carbonyl (C=O) groups excluding carboxylic acids is 2. The molecule has 0 unspecified atom stereocenters. The monoisotopic (exact) mass is 399 g/mol. The maximum Gasteiger partial charge on any atom is 0.306 e. The van der Waals surface area contributed by atoms with E-state index in [-0.39, 0.29) is 25.4 Å². The van der Waals surface area contributed by atoms with E-state index >= 15 is 0 Å². The Kier molecular flexibility index (Phi) is 6.54. The zero-order valence-corrected chi connectivity index (χ0v) is 16.5. The number of nitrogens with one attached hydrogen (secondary N) is 1. The van der Waals surface area contributed by atoms with E-state index in [9.17, 15) is 9.59 Å². The molecule has 146 valence electrons. The summed E-state index contributed by atoms with van der Waals surface area (Å²) < 4.78 is 10.1. The van der Waals surface area contributed by atoms with Crippen molar-refractivity contribution in [1.29, 1.82) is 0 Å². The lowest BCUT2D eigenvalue weighted by Gasteiger charge is -2.08. The molecule has 7 nitrogen and oxygen atoms in total. The summed E-state index contributed by atoms with van der Waals surface area (Å²) in [5, 5.41) is 10.4. The number of aryl methyl sites for hydroxylation is 1. The second kappa shape index (κ2) is 9.27. The molecule has 0 saturated heterocycles. The van der Waals surface area contributed by atoms with Crippen LogP contribution >= 0.6 is 11.3 Å². The van der Waals surface area contributed by atoms with E-state index in [0.29, 0.717) is 23.3 Å². The standard InChI is InChI=1S/C20H21N3O4S/c1-13(2)14-3-5-16(6-4-14)21-17(24)11-26-19(25)8-7-18-22-20(23-27-18)15-9-10-28-12-15/h3-6,9-10,12-13H,7-8,11H2,1-2H3,(H,21,24). The van der Waals surface area contributed by atoms with Crippen LogP contribution in [0.15, 0.2) is 45.6 Å². The summed E-state index contributed by atoms with van der Waals surface area (Å²) in [6.45, 7) is 3.86. The smallest absolute Gasteiger partial charge is 0.306 e. The van der Waals surface area contributed by atoms with Crippen molar-refractivity contribution in [3.8, 4) is 11.4 Å². The van der Waals surface area contributed by atoms with Crippen LogP contribution in [0, 0.1) is 0 Å². The van der Waals surface area contributed by atoms with Crippen LogP contribution in [0.4, 0.5) is 5.69 Å². The van der Waals surface area contributed by atoms with E-state index in [1.165, 1.54) is 16.9 Å². The van der Waals surface area contributed by atoms with Crippen LogP contribution < -0.4 is 5.32 Å². The van der Waals surface area contributed by atoms with E-state index in [4.69, 9.17) is 9.26 Å². The van der Waals surface area contributed by atoms with Gasteiger partial charge in [-0.25, -0.2) is 0 Å². The summed E-state index contributed by atoms with van der Waals surface area (Å²) in [6.07, 6.45) is 0.315. The summed E-state index contributed by atoms with van der Waals surface area (Å²) in [5.74, 6) is 0.384. The van der Waals surface area contributed by atoms with Gasteiger partial charge >= 0.3 is 5.97 Å². The molecular weight excluding hydrogens is 378 g/mol. The number of esters is 1. The van der Waals surface area contributed by atoms with Gasteiger partial charge in [0.2, 0.25) is 11.7 Å². The Morgan fingerprint density at radius 2 is 2.00 bits per heavy atom. The van der Waals surface area contributed by atoms with Gasteiger partial charge in [0.05, 0.1) is 6.42 Å². The fraction of sp³-hybridized carbons (Fsp3) is 0.300. The first-order valence-corrected chi connectivity index (χ1v) is 9.86. The van der Waals surface area contributed by atoms with E-state index in [1.54, 1.807) is 0 Å². The summed E-state index contributed by atoms with van der Waals surface area (Å²) >= 11 is 1.54. The summed E-state index contributed by atoms with van der Waals surface area (Å²) in [5.41, 5.74) is 2.73. The van der Waals surface area contributed by atoms with Crippen molar-refractivity contribution in [2.45, 2.75) is 32.6 Å². The molecule has 3 aromatic rings.